The third-order valence-corrected chi connectivity index (χ3v) is 4.62. The van der Waals surface area contributed by atoms with E-state index < -0.39 is 0 Å². The van der Waals surface area contributed by atoms with E-state index in [2.05, 4.69) is 15.5 Å². The first-order valence-electron chi connectivity index (χ1n) is 7.08. The lowest BCUT2D eigenvalue weighted by molar-refractivity contribution is 0.0996. The summed E-state index contributed by atoms with van der Waals surface area (Å²) < 4.78 is 16.6. The highest BCUT2D eigenvalue weighted by Crippen LogP contribution is 2.43. The summed E-state index contributed by atoms with van der Waals surface area (Å²) in [5, 5.41) is 7.52. The normalized spacial score (nSPS) is 41.2. The van der Waals surface area contributed by atoms with E-state index in [9.17, 15) is 0 Å². The molecule has 1 N–H and O–H groups in total. The summed E-state index contributed by atoms with van der Waals surface area (Å²) in [6.45, 7) is 0.843. The minimum absolute atomic E-state index is 0.130. The van der Waals surface area contributed by atoms with Gasteiger partial charge in [0.1, 0.15) is 0 Å². The van der Waals surface area contributed by atoms with E-state index in [-0.39, 0.29) is 12.1 Å². The van der Waals surface area contributed by atoms with Crippen LogP contribution in [0.25, 0.3) is 0 Å². The molecule has 6 nitrogen and oxygen atoms in total. The first-order valence-corrected chi connectivity index (χ1v) is 7.08. The van der Waals surface area contributed by atoms with Gasteiger partial charge in [0.05, 0.1) is 30.3 Å². The molecule has 0 spiro atoms. The Balaban J connectivity index is 1.48. The van der Waals surface area contributed by atoms with Crippen LogP contribution in [-0.2, 0) is 9.47 Å². The molecule has 2 bridgehead atoms. The van der Waals surface area contributed by atoms with E-state index in [1.54, 1.807) is 7.11 Å². The van der Waals surface area contributed by atoms with Gasteiger partial charge in [0.15, 0.2) is 5.82 Å². The number of fused-ring (bicyclic) bond motifs is 2. The molecule has 3 saturated heterocycles. The average Bonchev–Trinajstić information content (AvgIpc) is 3.19. The summed E-state index contributed by atoms with van der Waals surface area (Å²) in [5.41, 5.74) is 0. The molecular formula is C13H19N3O3. The highest BCUT2D eigenvalue weighted by molar-refractivity contribution is 5.08. The van der Waals surface area contributed by atoms with Crippen molar-refractivity contribution < 1.29 is 14.0 Å². The van der Waals surface area contributed by atoms with Crippen molar-refractivity contribution in [3.63, 3.8) is 0 Å². The predicted molar refractivity (Wildman–Crippen MR) is 65.7 cm³/mol. The average molecular weight is 265 g/mol. The molecule has 104 valence electrons. The molecule has 0 aliphatic carbocycles. The van der Waals surface area contributed by atoms with Crippen LogP contribution in [0.4, 0.5) is 0 Å². The summed E-state index contributed by atoms with van der Waals surface area (Å²) in [6.07, 6.45) is 5.22. The lowest BCUT2D eigenvalue weighted by atomic mass is 9.89. The van der Waals surface area contributed by atoms with Crippen LogP contribution in [0.3, 0.4) is 0 Å². The zero-order chi connectivity index (χ0) is 12.8. The Hall–Kier alpha value is -0.980. The predicted octanol–water partition coefficient (Wildman–Crippen LogP) is 1.15. The topological polar surface area (TPSA) is 69.4 Å². The van der Waals surface area contributed by atoms with Gasteiger partial charge in [0.2, 0.25) is 5.89 Å². The molecular weight excluding hydrogens is 246 g/mol. The molecule has 0 saturated carbocycles. The fourth-order valence-electron chi connectivity index (χ4n) is 3.52. The number of nitrogens with one attached hydrogen (secondary N) is 1. The number of hydrogen-bond donors (Lipinski definition) is 1. The van der Waals surface area contributed by atoms with Gasteiger partial charge in [-0.1, -0.05) is 5.16 Å². The van der Waals surface area contributed by atoms with E-state index >= 15 is 0 Å². The molecule has 0 amide bonds. The van der Waals surface area contributed by atoms with Crippen LogP contribution in [0.5, 0.6) is 0 Å². The van der Waals surface area contributed by atoms with Crippen LogP contribution >= 0.6 is 0 Å². The van der Waals surface area contributed by atoms with Crippen molar-refractivity contribution >= 4 is 0 Å². The Bertz CT molecular complexity index is 464. The van der Waals surface area contributed by atoms with E-state index in [4.69, 9.17) is 14.0 Å². The van der Waals surface area contributed by atoms with Crippen LogP contribution in [-0.4, -0.2) is 42.1 Å². The van der Waals surface area contributed by atoms with Crippen LogP contribution in [0.15, 0.2) is 4.52 Å². The van der Waals surface area contributed by atoms with E-state index in [0.717, 1.165) is 31.6 Å². The van der Waals surface area contributed by atoms with Gasteiger partial charge < -0.3 is 19.3 Å². The fraction of sp³-hybridized carbons (Fsp3) is 0.846. The third kappa shape index (κ3) is 1.98. The van der Waals surface area contributed by atoms with Crippen molar-refractivity contribution in [2.45, 2.75) is 56.0 Å². The first kappa shape index (κ1) is 11.8. The van der Waals surface area contributed by atoms with Crippen LogP contribution in [0.1, 0.15) is 49.4 Å². The minimum atomic E-state index is 0.130. The maximum absolute atomic E-state index is 5.85. The SMILES string of the molecule is COC1CNC(c2nc(C3CC4CCC3O4)no2)C1. The molecule has 5 atom stereocenters. The summed E-state index contributed by atoms with van der Waals surface area (Å²) in [7, 11) is 1.74. The Morgan fingerprint density at radius 2 is 2.26 bits per heavy atom. The highest BCUT2D eigenvalue weighted by Gasteiger charge is 2.44. The summed E-state index contributed by atoms with van der Waals surface area (Å²) in [4.78, 5) is 4.59. The molecule has 0 aromatic carbocycles. The van der Waals surface area contributed by atoms with Crippen LogP contribution in [0, 0.1) is 0 Å². The number of ether oxygens (including phenoxy) is 2. The number of hydrogen-bond acceptors (Lipinski definition) is 6. The number of aromatic nitrogens is 2. The molecule has 3 aliphatic heterocycles. The lowest BCUT2D eigenvalue weighted by Crippen LogP contribution is -2.17. The smallest absolute Gasteiger partial charge is 0.243 e. The fourth-order valence-corrected chi connectivity index (χ4v) is 3.52. The second kappa shape index (κ2) is 4.54. The van der Waals surface area contributed by atoms with E-state index in [1.807, 2.05) is 0 Å². The Morgan fingerprint density at radius 1 is 1.32 bits per heavy atom. The molecule has 1 aromatic rings. The van der Waals surface area contributed by atoms with Crippen molar-refractivity contribution in [2.75, 3.05) is 13.7 Å². The summed E-state index contributed by atoms with van der Waals surface area (Å²) in [6, 6.07) is 0.130. The minimum Gasteiger partial charge on any atom is -0.380 e. The van der Waals surface area contributed by atoms with Crippen molar-refractivity contribution in [1.29, 1.82) is 0 Å². The van der Waals surface area contributed by atoms with E-state index in [0.29, 0.717) is 24.0 Å². The van der Waals surface area contributed by atoms with Crippen molar-refractivity contribution in [3.8, 4) is 0 Å². The zero-order valence-corrected chi connectivity index (χ0v) is 11.0. The highest BCUT2D eigenvalue weighted by atomic mass is 16.5. The van der Waals surface area contributed by atoms with Gasteiger partial charge in [-0.15, -0.1) is 0 Å². The lowest BCUT2D eigenvalue weighted by Gasteiger charge is -2.13. The van der Waals surface area contributed by atoms with Gasteiger partial charge in [0.25, 0.3) is 0 Å². The number of rotatable bonds is 3. The van der Waals surface area contributed by atoms with Crippen LogP contribution < -0.4 is 5.32 Å². The Labute approximate surface area is 111 Å². The standard InChI is InChI=1S/C13H19N3O3/c1-17-8-5-10(14-6-8)13-15-12(16-19-13)9-4-7-2-3-11(9)18-7/h7-11,14H,2-6H2,1H3. The van der Waals surface area contributed by atoms with Crippen molar-refractivity contribution in [3.05, 3.63) is 11.7 Å². The monoisotopic (exact) mass is 265 g/mol. The van der Waals surface area contributed by atoms with Crippen LogP contribution in [0.2, 0.25) is 0 Å². The second-order valence-corrected chi connectivity index (χ2v) is 5.76. The Morgan fingerprint density at radius 3 is 2.95 bits per heavy atom. The molecule has 3 aliphatic rings. The number of methoxy groups -OCH3 is 1. The maximum atomic E-state index is 5.85. The largest absolute Gasteiger partial charge is 0.380 e. The summed E-state index contributed by atoms with van der Waals surface area (Å²) >= 11 is 0. The first-order chi connectivity index (χ1) is 9.33. The third-order valence-electron chi connectivity index (χ3n) is 4.62. The Kier molecular flexibility index (Phi) is 2.82. The molecule has 6 heteroatoms. The van der Waals surface area contributed by atoms with Gasteiger partial charge in [-0.2, -0.15) is 4.98 Å². The molecule has 4 rings (SSSR count). The van der Waals surface area contributed by atoms with Crippen molar-refractivity contribution in [2.24, 2.45) is 0 Å². The molecule has 0 radical (unpaired) electrons. The molecule has 4 heterocycles. The quantitative estimate of drug-likeness (QED) is 0.884. The number of nitrogens with zero attached hydrogens (tertiary/aromatic N) is 2. The molecule has 3 fully saturated rings. The molecule has 19 heavy (non-hydrogen) atoms. The second-order valence-electron chi connectivity index (χ2n) is 5.76. The van der Waals surface area contributed by atoms with Gasteiger partial charge in [-0.3, -0.25) is 0 Å². The maximum Gasteiger partial charge on any atom is 0.243 e. The van der Waals surface area contributed by atoms with Gasteiger partial charge >= 0.3 is 0 Å². The van der Waals surface area contributed by atoms with E-state index in [1.165, 1.54) is 6.42 Å². The zero-order valence-electron chi connectivity index (χ0n) is 11.0. The van der Waals surface area contributed by atoms with Gasteiger partial charge in [0, 0.05) is 13.7 Å². The molecule has 1 aromatic heterocycles. The van der Waals surface area contributed by atoms with Crippen molar-refractivity contribution in [1.82, 2.24) is 15.5 Å². The van der Waals surface area contributed by atoms with Gasteiger partial charge in [-0.05, 0) is 25.7 Å². The summed E-state index contributed by atoms with van der Waals surface area (Å²) in [5.74, 6) is 1.85. The van der Waals surface area contributed by atoms with Gasteiger partial charge in [-0.25, -0.2) is 0 Å². The molecule has 5 unspecified atom stereocenters.